The second kappa shape index (κ2) is 5.79. The van der Waals surface area contributed by atoms with Gasteiger partial charge in [-0.15, -0.1) is 10.2 Å². The van der Waals surface area contributed by atoms with Crippen LogP contribution < -0.4 is 4.72 Å². The van der Waals surface area contributed by atoms with Crippen LogP contribution >= 0.6 is 11.3 Å². The molecule has 0 bridgehead atoms. The maximum absolute atomic E-state index is 12.2. The minimum atomic E-state index is -3.77. The van der Waals surface area contributed by atoms with Crippen molar-refractivity contribution in [2.24, 2.45) is 0 Å². The molecule has 1 heterocycles. The predicted molar refractivity (Wildman–Crippen MR) is 71.1 cm³/mol. The summed E-state index contributed by atoms with van der Waals surface area (Å²) >= 11 is 1.08. The van der Waals surface area contributed by atoms with Crippen LogP contribution in [0.1, 0.15) is 5.56 Å². The van der Waals surface area contributed by atoms with Crippen LogP contribution in [0.15, 0.2) is 34.7 Å². The Morgan fingerprint density at radius 3 is 2.84 bits per heavy atom. The van der Waals surface area contributed by atoms with Gasteiger partial charge in [0.2, 0.25) is 5.13 Å². The number of aromatic nitrogens is 2. The zero-order valence-electron chi connectivity index (χ0n) is 9.57. The van der Waals surface area contributed by atoms with Gasteiger partial charge in [0.15, 0.2) is 0 Å². The SMILES string of the molecule is O=S(=O)(Nc1nncs1)c1ccccc1C#CCO. The molecule has 19 heavy (non-hydrogen) atoms. The molecule has 6 nitrogen and oxygen atoms in total. The minimum absolute atomic E-state index is 0.0335. The number of benzene rings is 1. The predicted octanol–water partition coefficient (Wildman–Crippen LogP) is 0.683. The number of hydrogen-bond donors (Lipinski definition) is 2. The van der Waals surface area contributed by atoms with Crippen molar-refractivity contribution in [2.75, 3.05) is 11.3 Å². The van der Waals surface area contributed by atoms with Crippen LogP contribution in [0, 0.1) is 11.8 Å². The summed E-state index contributed by atoms with van der Waals surface area (Å²) in [5.41, 5.74) is 1.74. The summed E-state index contributed by atoms with van der Waals surface area (Å²) in [6, 6.07) is 6.27. The van der Waals surface area contributed by atoms with E-state index in [0.29, 0.717) is 5.56 Å². The van der Waals surface area contributed by atoms with Crippen LogP contribution in [0.25, 0.3) is 0 Å². The minimum Gasteiger partial charge on any atom is -0.384 e. The number of aliphatic hydroxyl groups excluding tert-OH is 1. The average Bonchev–Trinajstić information content (AvgIpc) is 2.88. The molecule has 0 aliphatic rings. The van der Waals surface area contributed by atoms with Crippen molar-refractivity contribution >= 4 is 26.5 Å². The summed E-state index contributed by atoms with van der Waals surface area (Å²) in [5, 5.41) is 16.0. The standard InChI is InChI=1S/C11H9N3O3S2/c15-7-3-5-9-4-1-2-6-10(9)19(16,17)14-11-13-12-8-18-11/h1-2,4,6,8,15H,7H2,(H,13,14). The van der Waals surface area contributed by atoms with Crippen LogP contribution in [-0.2, 0) is 10.0 Å². The van der Waals surface area contributed by atoms with Crippen LogP contribution in [-0.4, -0.2) is 30.3 Å². The smallest absolute Gasteiger partial charge is 0.264 e. The van der Waals surface area contributed by atoms with E-state index in [4.69, 9.17) is 5.11 Å². The lowest BCUT2D eigenvalue weighted by Crippen LogP contribution is -2.14. The zero-order valence-corrected chi connectivity index (χ0v) is 11.2. The molecule has 2 N–H and O–H groups in total. The molecular weight excluding hydrogens is 286 g/mol. The monoisotopic (exact) mass is 295 g/mol. The van der Waals surface area contributed by atoms with Gasteiger partial charge in [0.1, 0.15) is 17.0 Å². The van der Waals surface area contributed by atoms with Gasteiger partial charge in [-0.2, -0.15) is 0 Å². The first kappa shape index (κ1) is 13.5. The Bertz CT molecular complexity index is 715. The van der Waals surface area contributed by atoms with Gasteiger partial charge in [0.05, 0.1) is 0 Å². The highest BCUT2D eigenvalue weighted by Gasteiger charge is 2.18. The van der Waals surface area contributed by atoms with Gasteiger partial charge < -0.3 is 5.11 Å². The fourth-order valence-corrected chi connectivity index (χ4v) is 3.18. The number of sulfonamides is 1. The molecule has 0 aliphatic carbocycles. The lowest BCUT2D eigenvalue weighted by molar-refractivity contribution is 0.350. The van der Waals surface area contributed by atoms with Crippen LogP contribution in [0.3, 0.4) is 0 Å². The second-order valence-corrected chi connectivity index (χ2v) is 5.79. The lowest BCUT2D eigenvalue weighted by Gasteiger charge is -2.06. The zero-order chi connectivity index (χ0) is 13.7. The summed E-state index contributed by atoms with van der Waals surface area (Å²) in [4.78, 5) is 0.0335. The molecule has 0 radical (unpaired) electrons. The van der Waals surface area contributed by atoms with E-state index in [2.05, 4.69) is 26.8 Å². The third kappa shape index (κ3) is 3.29. The number of hydrogen-bond acceptors (Lipinski definition) is 6. The molecule has 0 saturated carbocycles. The largest absolute Gasteiger partial charge is 0.384 e. The van der Waals surface area contributed by atoms with Gasteiger partial charge in [-0.25, -0.2) is 8.42 Å². The maximum Gasteiger partial charge on any atom is 0.264 e. The normalized spacial score (nSPS) is 10.6. The van der Waals surface area contributed by atoms with Crippen molar-refractivity contribution in [3.05, 3.63) is 35.3 Å². The van der Waals surface area contributed by atoms with Gasteiger partial charge in [-0.05, 0) is 12.1 Å². The molecule has 0 spiro atoms. The number of nitrogens with one attached hydrogen (secondary N) is 1. The van der Waals surface area contributed by atoms with E-state index in [1.165, 1.54) is 11.6 Å². The first-order valence-electron chi connectivity index (χ1n) is 5.11. The molecule has 0 amide bonds. The van der Waals surface area contributed by atoms with Gasteiger partial charge in [-0.3, -0.25) is 4.72 Å². The molecule has 2 rings (SSSR count). The van der Waals surface area contributed by atoms with Crippen molar-refractivity contribution in [3.8, 4) is 11.8 Å². The molecule has 0 fully saturated rings. The van der Waals surface area contributed by atoms with E-state index in [1.54, 1.807) is 18.2 Å². The molecule has 0 unspecified atom stereocenters. The summed E-state index contributed by atoms with van der Waals surface area (Å²) in [5.74, 6) is 5.02. The van der Waals surface area contributed by atoms with E-state index in [1.807, 2.05) is 0 Å². The van der Waals surface area contributed by atoms with Crippen molar-refractivity contribution in [3.63, 3.8) is 0 Å². The Labute approximate surface area is 114 Å². The average molecular weight is 295 g/mol. The number of aliphatic hydroxyl groups is 1. The molecule has 0 aliphatic heterocycles. The van der Waals surface area contributed by atoms with Crippen LogP contribution in [0.2, 0.25) is 0 Å². The van der Waals surface area contributed by atoms with Gasteiger partial charge in [0, 0.05) is 5.56 Å². The lowest BCUT2D eigenvalue weighted by atomic mass is 10.2. The molecule has 1 aromatic heterocycles. The summed E-state index contributed by atoms with van der Waals surface area (Å²) in [6.07, 6.45) is 0. The number of rotatable bonds is 3. The second-order valence-electron chi connectivity index (χ2n) is 3.31. The van der Waals surface area contributed by atoms with E-state index in [-0.39, 0.29) is 16.6 Å². The maximum atomic E-state index is 12.2. The molecule has 2 aromatic rings. The summed E-state index contributed by atoms with van der Waals surface area (Å²) in [7, 11) is -3.77. The molecule has 98 valence electrons. The fourth-order valence-electron chi connectivity index (χ4n) is 1.33. The highest BCUT2D eigenvalue weighted by molar-refractivity contribution is 7.93. The molecule has 8 heteroatoms. The molecule has 0 saturated heterocycles. The van der Waals surface area contributed by atoms with Gasteiger partial charge >= 0.3 is 0 Å². The summed E-state index contributed by atoms with van der Waals surface area (Å²) in [6.45, 7) is -0.335. The van der Waals surface area contributed by atoms with E-state index < -0.39 is 10.0 Å². The van der Waals surface area contributed by atoms with Gasteiger partial charge in [0.25, 0.3) is 10.0 Å². The van der Waals surface area contributed by atoms with E-state index >= 15 is 0 Å². The third-order valence-electron chi connectivity index (χ3n) is 2.06. The first-order valence-corrected chi connectivity index (χ1v) is 7.47. The van der Waals surface area contributed by atoms with Crippen molar-refractivity contribution in [2.45, 2.75) is 4.90 Å². The van der Waals surface area contributed by atoms with Crippen molar-refractivity contribution in [1.29, 1.82) is 0 Å². The Balaban J connectivity index is 2.40. The van der Waals surface area contributed by atoms with Crippen molar-refractivity contribution < 1.29 is 13.5 Å². The van der Waals surface area contributed by atoms with E-state index in [0.717, 1.165) is 11.3 Å². The Hall–Kier alpha value is -1.95. The van der Waals surface area contributed by atoms with Gasteiger partial charge in [-0.1, -0.05) is 35.3 Å². The first-order chi connectivity index (χ1) is 9.13. The molecule has 0 atom stereocenters. The number of nitrogens with zero attached hydrogens (tertiary/aromatic N) is 2. The highest BCUT2D eigenvalue weighted by Crippen LogP contribution is 2.19. The Morgan fingerprint density at radius 1 is 1.37 bits per heavy atom. The van der Waals surface area contributed by atoms with E-state index in [9.17, 15) is 8.42 Å². The Morgan fingerprint density at radius 2 is 2.16 bits per heavy atom. The van der Waals surface area contributed by atoms with Crippen LogP contribution in [0.5, 0.6) is 0 Å². The summed E-state index contributed by atoms with van der Waals surface area (Å²) < 4.78 is 26.7. The fraction of sp³-hybridized carbons (Fsp3) is 0.0909. The third-order valence-corrected chi connectivity index (χ3v) is 4.19. The molecular formula is C11H9N3O3S2. The number of anilines is 1. The van der Waals surface area contributed by atoms with Crippen LogP contribution in [0.4, 0.5) is 5.13 Å². The quantitative estimate of drug-likeness (QED) is 0.813. The highest BCUT2D eigenvalue weighted by atomic mass is 32.2. The molecule has 1 aromatic carbocycles. The topological polar surface area (TPSA) is 92.2 Å². The van der Waals surface area contributed by atoms with Crippen molar-refractivity contribution in [1.82, 2.24) is 10.2 Å². The Kier molecular flexibility index (Phi) is 4.11.